The minimum Gasteiger partial charge on any atom is -0.297 e. The first kappa shape index (κ1) is 21.2. The molecule has 6 heteroatoms. The molecule has 0 spiro atoms. The molecule has 1 aliphatic heterocycles. The molecule has 0 bridgehead atoms. The van der Waals surface area contributed by atoms with Gasteiger partial charge < -0.3 is 0 Å². The van der Waals surface area contributed by atoms with Crippen LogP contribution in [0.15, 0.2) is 0 Å². The standard InChI is InChI=1S/C20H38N4O2/c1-6-13-21(4)15-23-18(25)20(3,17-11-9-8-10-12-17)24(19(23)26)16-22(5)14-7-2/h17H,6-16H2,1-5H3. The second kappa shape index (κ2) is 9.18. The van der Waals surface area contributed by atoms with Crippen LogP contribution in [0.1, 0.15) is 65.7 Å². The number of amides is 3. The van der Waals surface area contributed by atoms with E-state index in [1.807, 2.05) is 25.9 Å². The van der Waals surface area contributed by atoms with Gasteiger partial charge in [-0.15, -0.1) is 0 Å². The molecule has 3 amide bonds. The summed E-state index contributed by atoms with van der Waals surface area (Å²) < 4.78 is 0. The summed E-state index contributed by atoms with van der Waals surface area (Å²) in [4.78, 5) is 34.3. The number of nitrogens with zero attached hydrogens (tertiary/aromatic N) is 4. The van der Waals surface area contributed by atoms with Gasteiger partial charge in [0.2, 0.25) is 0 Å². The molecule has 0 aromatic carbocycles. The molecule has 0 N–H and O–H groups in total. The lowest BCUT2D eigenvalue weighted by atomic mass is 9.75. The molecule has 1 aliphatic carbocycles. The third-order valence-electron chi connectivity index (χ3n) is 6.08. The van der Waals surface area contributed by atoms with Crippen molar-refractivity contribution >= 4 is 11.9 Å². The van der Waals surface area contributed by atoms with Gasteiger partial charge in [-0.3, -0.25) is 19.5 Å². The number of carbonyl (C=O) groups is 2. The number of carbonyl (C=O) groups excluding carboxylic acids is 2. The monoisotopic (exact) mass is 366 g/mol. The van der Waals surface area contributed by atoms with Crippen LogP contribution in [0, 0.1) is 5.92 Å². The Kier molecular flexibility index (Phi) is 7.47. The smallest absolute Gasteiger partial charge is 0.297 e. The fraction of sp³-hybridized carbons (Fsp3) is 0.900. The third kappa shape index (κ3) is 4.22. The Labute approximate surface area is 159 Å². The Balaban J connectivity index is 2.27. The molecule has 2 aliphatic rings. The fourth-order valence-electron chi connectivity index (χ4n) is 4.60. The minimum absolute atomic E-state index is 0.00208. The van der Waals surface area contributed by atoms with Crippen LogP contribution < -0.4 is 0 Å². The van der Waals surface area contributed by atoms with E-state index in [9.17, 15) is 9.59 Å². The summed E-state index contributed by atoms with van der Waals surface area (Å²) in [6.45, 7) is 8.99. The van der Waals surface area contributed by atoms with Gasteiger partial charge in [0.25, 0.3) is 5.91 Å². The molecule has 2 fully saturated rings. The van der Waals surface area contributed by atoms with Crippen LogP contribution >= 0.6 is 0 Å². The molecule has 0 aromatic rings. The maximum Gasteiger partial charge on any atom is 0.329 e. The van der Waals surface area contributed by atoms with Crippen molar-refractivity contribution in [1.82, 2.24) is 19.6 Å². The molecule has 1 atom stereocenters. The van der Waals surface area contributed by atoms with Crippen LogP contribution in [0.5, 0.6) is 0 Å². The van der Waals surface area contributed by atoms with Crippen molar-refractivity contribution in [3.63, 3.8) is 0 Å². The fourth-order valence-corrected chi connectivity index (χ4v) is 4.60. The van der Waals surface area contributed by atoms with Crippen molar-refractivity contribution in [2.75, 3.05) is 40.5 Å². The highest BCUT2D eigenvalue weighted by Crippen LogP contribution is 2.41. The van der Waals surface area contributed by atoms with Crippen LogP contribution in [-0.4, -0.2) is 77.6 Å². The maximum absolute atomic E-state index is 13.4. The summed E-state index contributed by atoms with van der Waals surface area (Å²) in [5.74, 6) is 0.270. The minimum atomic E-state index is -0.702. The van der Waals surface area contributed by atoms with Crippen molar-refractivity contribution in [3.05, 3.63) is 0 Å². The average Bonchev–Trinajstić information content (AvgIpc) is 2.79. The Morgan fingerprint density at radius 2 is 1.50 bits per heavy atom. The average molecular weight is 367 g/mol. The molecule has 0 radical (unpaired) electrons. The van der Waals surface area contributed by atoms with E-state index >= 15 is 0 Å². The highest BCUT2D eigenvalue weighted by Gasteiger charge is 2.58. The van der Waals surface area contributed by atoms with E-state index in [4.69, 9.17) is 0 Å². The zero-order chi connectivity index (χ0) is 19.3. The predicted octanol–water partition coefficient (Wildman–Crippen LogP) is 3.19. The molecule has 1 saturated carbocycles. The van der Waals surface area contributed by atoms with Gasteiger partial charge in [0, 0.05) is 0 Å². The molecule has 1 saturated heterocycles. The lowest BCUT2D eigenvalue weighted by Crippen LogP contribution is -2.56. The third-order valence-corrected chi connectivity index (χ3v) is 6.08. The lowest BCUT2D eigenvalue weighted by Gasteiger charge is -2.41. The zero-order valence-corrected chi connectivity index (χ0v) is 17.5. The first-order valence-corrected chi connectivity index (χ1v) is 10.4. The number of hydrogen-bond donors (Lipinski definition) is 0. The molecule has 1 unspecified atom stereocenters. The Bertz CT molecular complexity index is 492. The molecular formula is C20H38N4O2. The van der Waals surface area contributed by atoms with E-state index in [0.717, 1.165) is 51.6 Å². The lowest BCUT2D eigenvalue weighted by molar-refractivity contribution is -0.137. The van der Waals surface area contributed by atoms with Gasteiger partial charge in [-0.1, -0.05) is 33.1 Å². The Morgan fingerprint density at radius 1 is 0.962 bits per heavy atom. The van der Waals surface area contributed by atoms with Crippen molar-refractivity contribution in [1.29, 1.82) is 0 Å². The van der Waals surface area contributed by atoms with Gasteiger partial charge in [-0.25, -0.2) is 9.69 Å². The van der Waals surface area contributed by atoms with Gasteiger partial charge >= 0.3 is 6.03 Å². The number of urea groups is 1. The van der Waals surface area contributed by atoms with Gasteiger partial charge in [0.15, 0.2) is 0 Å². The van der Waals surface area contributed by atoms with Crippen molar-refractivity contribution in [3.8, 4) is 0 Å². The van der Waals surface area contributed by atoms with E-state index in [-0.39, 0.29) is 17.9 Å². The summed E-state index contributed by atoms with van der Waals surface area (Å²) in [6.07, 6.45) is 7.70. The van der Waals surface area contributed by atoms with E-state index in [2.05, 4.69) is 23.6 Å². The van der Waals surface area contributed by atoms with Crippen LogP contribution in [0.25, 0.3) is 0 Å². The van der Waals surface area contributed by atoms with Gasteiger partial charge in [0.05, 0.1) is 13.3 Å². The number of rotatable bonds is 9. The van der Waals surface area contributed by atoms with Crippen LogP contribution in [0.2, 0.25) is 0 Å². The van der Waals surface area contributed by atoms with Gasteiger partial charge in [0.1, 0.15) is 5.54 Å². The van der Waals surface area contributed by atoms with E-state index in [1.165, 1.54) is 11.3 Å². The first-order chi connectivity index (χ1) is 12.4. The second-order valence-corrected chi connectivity index (χ2v) is 8.37. The molecular weight excluding hydrogens is 328 g/mol. The van der Waals surface area contributed by atoms with Gasteiger partial charge in [-0.05, 0) is 65.7 Å². The highest BCUT2D eigenvalue weighted by atomic mass is 16.2. The molecule has 150 valence electrons. The summed E-state index contributed by atoms with van der Waals surface area (Å²) in [5, 5.41) is 0. The van der Waals surface area contributed by atoms with Crippen LogP contribution in [0.3, 0.4) is 0 Å². The van der Waals surface area contributed by atoms with Crippen LogP contribution in [0.4, 0.5) is 4.79 Å². The summed E-state index contributed by atoms with van der Waals surface area (Å²) in [5.41, 5.74) is -0.702. The second-order valence-electron chi connectivity index (χ2n) is 8.37. The summed E-state index contributed by atoms with van der Waals surface area (Å²) >= 11 is 0. The highest BCUT2D eigenvalue weighted by molar-refractivity contribution is 6.07. The summed E-state index contributed by atoms with van der Waals surface area (Å²) in [6, 6.07) is -0.117. The molecule has 2 rings (SSSR count). The van der Waals surface area contributed by atoms with Crippen molar-refractivity contribution in [2.24, 2.45) is 5.92 Å². The van der Waals surface area contributed by atoms with Crippen LogP contribution in [-0.2, 0) is 4.79 Å². The SMILES string of the molecule is CCCN(C)CN1C(=O)N(CN(C)CCC)C(C)(C2CCCCC2)C1=O. The van der Waals surface area contributed by atoms with E-state index in [1.54, 1.807) is 0 Å². The molecule has 26 heavy (non-hydrogen) atoms. The predicted molar refractivity (Wildman–Crippen MR) is 105 cm³/mol. The van der Waals surface area contributed by atoms with Crippen molar-refractivity contribution < 1.29 is 9.59 Å². The summed E-state index contributed by atoms with van der Waals surface area (Å²) in [7, 11) is 4.02. The Morgan fingerprint density at radius 3 is 2.04 bits per heavy atom. The van der Waals surface area contributed by atoms with Crippen molar-refractivity contribution in [2.45, 2.75) is 71.3 Å². The largest absolute Gasteiger partial charge is 0.329 e. The Hall–Kier alpha value is -1.14. The molecule has 0 aromatic heterocycles. The number of hydrogen-bond acceptors (Lipinski definition) is 4. The first-order valence-electron chi connectivity index (χ1n) is 10.4. The molecule has 6 nitrogen and oxygen atoms in total. The maximum atomic E-state index is 13.4. The number of imide groups is 1. The van der Waals surface area contributed by atoms with E-state index < -0.39 is 5.54 Å². The quantitative estimate of drug-likeness (QED) is 0.588. The normalized spacial score (nSPS) is 25.2. The topological polar surface area (TPSA) is 47.1 Å². The zero-order valence-electron chi connectivity index (χ0n) is 17.5. The molecule has 1 heterocycles. The van der Waals surface area contributed by atoms with E-state index in [0.29, 0.717) is 13.3 Å². The van der Waals surface area contributed by atoms with Gasteiger partial charge in [-0.2, -0.15) is 0 Å².